The van der Waals surface area contributed by atoms with E-state index in [1.165, 1.54) is 0 Å². The number of nitrogens with zero attached hydrogens (tertiary/aromatic N) is 2. The van der Waals surface area contributed by atoms with Gasteiger partial charge in [-0.3, -0.25) is 4.79 Å². The van der Waals surface area contributed by atoms with Gasteiger partial charge in [0.15, 0.2) is 0 Å². The second-order valence-electron chi connectivity index (χ2n) is 5.48. The minimum Gasteiger partial charge on any atom is -0.494 e. The van der Waals surface area contributed by atoms with Crippen LogP contribution in [0.3, 0.4) is 0 Å². The maximum Gasteiger partial charge on any atom is 0.317 e. The minimum atomic E-state index is -0.120. The van der Waals surface area contributed by atoms with Gasteiger partial charge in [0, 0.05) is 39.2 Å². The van der Waals surface area contributed by atoms with Crippen molar-refractivity contribution in [3.8, 4) is 11.5 Å². The van der Waals surface area contributed by atoms with Crippen LogP contribution in [0.2, 0.25) is 0 Å². The number of rotatable bonds is 6. The van der Waals surface area contributed by atoms with Crippen LogP contribution in [-0.4, -0.2) is 67.7 Å². The SMILES string of the molecule is CCOc1cccc(OCCNC(=O)N2CCN(C(C)=O)CC2)c1. The van der Waals surface area contributed by atoms with Crippen LogP contribution in [0, 0.1) is 0 Å². The molecule has 0 atom stereocenters. The Morgan fingerprint density at radius 1 is 1.08 bits per heavy atom. The Morgan fingerprint density at radius 3 is 2.33 bits per heavy atom. The summed E-state index contributed by atoms with van der Waals surface area (Å²) in [5.74, 6) is 1.53. The van der Waals surface area contributed by atoms with Gasteiger partial charge in [-0.05, 0) is 19.1 Å². The molecule has 2 rings (SSSR count). The Kier molecular flexibility index (Phi) is 6.72. The Bertz CT molecular complexity index is 557. The largest absolute Gasteiger partial charge is 0.494 e. The molecule has 1 fully saturated rings. The molecule has 0 aromatic heterocycles. The zero-order valence-electron chi connectivity index (χ0n) is 14.3. The Balaban J connectivity index is 1.66. The average molecular weight is 335 g/mol. The number of carbonyl (C=O) groups is 2. The summed E-state index contributed by atoms with van der Waals surface area (Å²) in [5.41, 5.74) is 0. The van der Waals surface area contributed by atoms with Crippen LogP contribution >= 0.6 is 0 Å². The van der Waals surface area contributed by atoms with Crippen molar-refractivity contribution in [3.05, 3.63) is 24.3 Å². The van der Waals surface area contributed by atoms with E-state index in [0.29, 0.717) is 51.7 Å². The van der Waals surface area contributed by atoms with Crippen molar-refractivity contribution in [1.29, 1.82) is 0 Å². The number of hydrogen-bond donors (Lipinski definition) is 1. The van der Waals surface area contributed by atoms with Gasteiger partial charge in [0.2, 0.25) is 5.91 Å². The number of hydrogen-bond acceptors (Lipinski definition) is 4. The van der Waals surface area contributed by atoms with E-state index in [1.54, 1.807) is 16.7 Å². The summed E-state index contributed by atoms with van der Waals surface area (Å²) in [7, 11) is 0. The summed E-state index contributed by atoms with van der Waals surface area (Å²) >= 11 is 0. The third-order valence-electron chi connectivity index (χ3n) is 3.78. The quantitative estimate of drug-likeness (QED) is 0.797. The van der Waals surface area contributed by atoms with E-state index in [-0.39, 0.29) is 11.9 Å². The normalized spacial score (nSPS) is 14.2. The zero-order chi connectivity index (χ0) is 17.4. The highest BCUT2D eigenvalue weighted by molar-refractivity contribution is 5.76. The van der Waals surface area contributed by atoms with Crippen LogP contribution in [0.1, 0.15) is 13.8 Å². The summed E-state index contributed by atoms with van der Waals surface area (Å²) in [6.45, 7) is 7.18. The van der Waals surface area contributed by atoms with Gasteiger partial charge in [-0.25, -0.2) is 4.79 Å². The number of ether oxygens (including phenoxy) is 2. The molecule has 0 saturated carbocycles. The lowest BCUT2D eigenvalue weighted by atomic mass is 10.3. The molecule has 3 amide bonds. The fourth-order valence-electron chi connectivity index (χ4n) is 2.48. The van der Waals surface area contributed by atoms with Gasteiger partial charge < -0.3 is 24.6 Å². The molecule has 0 spiro atoms. The highest BCUT2D eigenvalue weighted by Crippen LogP contribution is 2.19. The van der Waals surface area contributed by atoms with Crippen molar-refractivity contribution in [3.63, 3.8) is 0 Å². The van der Waals surface area contributed by atoms with E-state index in [1.807, 2.05) is 31.2 Å². The third kappa shape index (κ3) is 5.33. The fourth-order valence-corrected chi connectivity index (χ4v) is 2.48. The van der Waals surface area contributed by atoms with Crippen LogP contribution in [0.25, 0.3) is 0 Å². The molecule has 1 aliphatic heterocycles. The Hall–Kier alpha value is -2.44. The molecule has 1 saturated heterocycles. The van der Waals surface area contributed by atoms with Crippen LogP contribution in [0.15, 0.2) is 24.3 Å². The van der Waals surface area contributed by atoms with Crippen LogP contribution < -0.4 is 14.8 Å². The number of urea groups is 1. The van der Waals surface area contributed by atoms with Crippen LogP contribution in [-0.2, 0) is 4.79 Å². The van der Waals surface area contributed by atoms with Crippen molar-refractivity contribution in [2.45, 2.75) is 13.8 Å². The second kappa shape index (κ2) is 9.00. The summed E-state index contributed by atoms with van der Waals surface area (Å²) in [6.07, 6.45) is 0. The number of benzene rings is 1. The van der Waals surface area contributed by atoms with E-state index >= 15 is 0 Å². The lowest BCUT2D eigenvalue weighted by Crippen LogP contribution is -2.53. The predicted octanol–water partition coefficient (Wildman–Crippen LogP) is 1.34. The third-order valence-corrected chi connectivity index (χ3v) is 3.78. The van der Waals surface area contributed by atoms with Gasteiger partial charge in [0.05, 0.1) is 13.2 Å². The van der Waals surface area contributed by atoms with Gasteiger partial charge >= 0.3 is 6.03 Å². The topological polar surface area (TPSA) is 71.1 Å². The number of nitrogens with one attached hydrogen (secondary N) is 1. The zero-order valence-corrected chi connectivity index (χ0v) is 14.3. The number of piperazine rings is 1. The first-order chi connectivity index (χ1) is 11.6. The van der Waals surface area contributed by atoms with E-state index in [4.69, 9.17) is 9.47 Å². The molecule has 7 heteroatoms. The molecule has 1 heterocycles. The van der Waals surface area contributed by atoms with E-state index in [9.17, 15) is 9.59 Å². The molecule has 1 aliphatic rings. The monoisotopic (exact) mass is 335 g/mol. The smallest absolute Gasteiger partial charge is 0.317 e. The van der Waals surface area contributed by atoms with E-state index in [2.05, 4.69) is 5.32 Å². The first-order valence-corrected chi connectivity index (χ1v) is 8.24. The summed E-state index contributed by atoms with van der Waals surface area (Å²) in [4.78, 5) is 26.8. The lowest BCUT2D eigenvalue weighted by molar-refractivity contribution is -0.130. The molecule has 24 heavy (non-hydrogen) atoms. The second-order valence-corrected chi connectivity index (χ2v) is 5.48. The first-order valence-electron chi connectivity index (χ1n) is 8.24. The Morgan fingerprint density at radius 2 is 1.71 bits per heavy atom. The Labute approximate surface area is 142 Å². The summed E-state index contributed by atoms with van der Waals surface area (Å²) in [5, 5.41) is 2.83. The molecule has 132 valence electrons. The van der Waals surface area contributed by atoms with Crippen molar-refractivity contribution in [2.24, 2.45) is 0 Å². The van der Waals surface area contributed by atoms with E-state index in [0.717, 1.165) is 5.75 Å². The summed E-state index contributed by atoms with van der Waals surface area (Å²) in [6, 6.07) is 7.30. The van der Waals surface area contributed by atoms with Gasteiger partial charge in [0.1, 0.15) is 18.1 Å². The standard InChI is InChI=1S/C17H25N3O4/c1-3-23-15-5-4-6-16(13-15)24-12-7-18-17(22)20-10-8-19(9-11-20)14(2)21/h4-6,13H,3,7-12H2,1-2H3,(H,18,22). The maximum absolute atomic E-state index is 12.1. The first kappa shape index (κ1) is 17.9. The highest BCUT2D eigenvalue weighted by atomic mass is 16.5. The molecule has 1 aromatic carbocycles. The number of carbonyl (C=O) groups excluding carboxylic acids is 2. The molecule has 0 unspecified atom stereocenters. The fraction of sp³-hybridized carbons (Fsp3) is 0.529. The minimum absolute atomic E-state index is 0.0535. The van der Waals surface area contributed by atoms with Crippen molar-refractivity contribution >= 4 is 11.9 Å². The molecule has 0 aliphatic carbocycles. The molecule has 7 nitrogen and oxygen atoms in total. The van der Waals surface area contributed by atoms with Crippen LogP contribution in [0.4, 0.5) is 4.79 Å². The predicted molar refractivity (Wildman–Crippen MR) is 90.3 cm³/mol. The highest BCUT2D eigenvalue weighted by Gasteiger charge is 2.21. The van der Waals surface area contributed by atoms with Crippen molar-refractivity contribution in [1.82, 2.24) is 15.1 Å². The molecular formula is C17H25N3O4. The maximum atomic E-state index is 12.1. The molecule has 0 bridgehead atoms. The molecule has 0 radical (unpaired) electrons. The van der Waals surface area contributed by atoms with E-state index < -0.39 is 0 Å². The molecule has 1 N–H and O–H groups in total. The van der Waals surface area contributed by atoms with Crippen molar-refractivity contribution in [2.75, 3.05) is 45.9 Å². The average Bonchev–Trinajstić information content (AvgIpc) is 2.59. The summed E-state index contributed by atoms with van der Waals surface area (Å²) < 4.78 is 11.0. The lowest BCUT2D eigenvalue weighted by Gasteiger charge is -2.34. The molecular weight excluding hydrogens is 310 g/mol. The van der Waals surface area contributed by atoms with Crippen LogP contribution in [0.5, 0.6) is 11.5 Å². The van der Waals surface area contributed by atoms with Gasteiger partial charge in [-0.1, -0.05) is 6.07 Å². The van der Waals surface area contributed by atoms with Gasteiger partial charge in [0.25, 0.3) is 0 Å². The van der Waals surface area contributed by atoms with Gasteiger partial charge in [-0.15, -0.1) is 0 Å². The van der Waals surface area contributed by atoms with Gasteiger partial charge in [-0.2, -0.15) is 0 Å². The molecule has 1 aromatic rings. The number of amides is 3. The van der Waals surface area contributed by atoms with Crippen molar-refractivity contribution < 1.29 is 19.1 Å².